The predicted octanol–water partition coefficient (Wildman–Crippen LogP) is 0.843. The number of allylic oxidation sites excluding steroid dienone is 1. The molecule has 0 radical (unpaired) electrons. The van der Waals surface area contributed by atoms with Gasteiger partial charge in [-0.15, -0.1) is 0 Å². The lowest BCUT2D eigenvalue weighted by atomic mass is 9.90. The Morgan fingerprint density at radius 1 is 1.58 bits per heavy atom. The Morgan fingerprint density at radius 2 is 2.25 bits per heavy atom. The summed E-state index contributed by atoms with van der Waals surface area (Å²) in [7, 11) is 0. The van der Waals surface area contributed by atoms with E-state index in [1.54, 1.807) is 0 Å². The van der Waals surface area contributed by atoms with Crippen LogP contribution in [0.3, 0.4) is 0 Å². The van der Waals surface area contributed by atoms with Gasteiger partial charge >= 0.3 is 5.97 Å². The average molecular weight is 169 g/mol. The van der Waals surface area contributed by atoms with Crippen LogP contribution >= 0.6 is 0 Å². The molecule has 0 heterocycles. The van der Waals surface area contributed by atoms with E-state index in [4.69, 9.17) is 10.5 Å². The summed E-state index contributed by atoms with van der Waals surface area (Å²) in [4.78, 5) is 11.3. The van der Waals surface area contributed by atoms with E-state index in [1.807, 2.05) is 19.1 Å². The lowest BCUT2D eigenvalue weighted by molar-refractivity contribution is -0.148. The van der Waals surface area contributed by atoms with Crippen molar-refractivity contribution in [2.75, 3.05) is 6.61 Å². The zero-order valence-corrected chi connectivity index (χ0v) is 7.32. The van der Waals surface area contributed by atoms with Crippen LogP contribution in [-0.4, -0.2) is 18.6 Å². The third-order valence-corrected chi connectivity index (χ3v) is 2.07. The van der Waals surface area contributed by atoms with Crippen molar-refractivity contribution >= 4 is 5.97 Å². The van der Waals surface area contributed by atoms with Crippen LogP contribution in [0.2, 0.25) is 0 Å². The highest BCUT2D eigenvalue weighted by Gasteiger charge is 2.26. The first-order chi connectivity index (χ1) is 5.75. The van der Waals surface area contributed by atoms with Crippen LogP contribution in [0.25, 0.3) is 0 Å². The first-order valence-corrected chi connectivity index (χ1v) is 4.33. The Kier molecular flexibility index (Phi) is 3.29. The van der Waals surface area contributed by atoms with Crippen molar-refractivity contribution < 1.29 is 9.53 Å². The average Bonchev–Trinajstić information content (AvgIpc) is 2.05. The van der Waals surface area contributed by atoms with E-state index < -0.39 is 0 Å². The van der Waals surface area contributed by atoms with Crippen LogP contribution in [-0.2, 0) is 9.53 Å². The molecule has 3 nitrogen and oxygen atoms in total. The molecule has 0 aromatic rings. The Morgan fingerprint density at radius 3 is 2.83 bits per heavy atom. The van der Waals surface area contributed by atoms with Crippen LogP contribution in [0.1, 0.15) is 19.8 Å². The molecule has 2 N–H and O–H groups in total. The molecule has 0 aromatic heterocycles. The van der Waals surface area contributed by atoms with Crippen LogP contribution in [0.5, 0.6) is 0 Å². The van der Waals surface area contributed by atoms with E-state index in [0.717, 1.165) is 12.8 Å². The fraction of sp³-hybridized carbons (Fsp3) is 0.667. The van der Waals surface area contributed by atoms with Gasteiger partial charge in [0.05, 0.1) is 12.5 Å². The first kappa shape index (κ1) is 9.26. The molecule has 0 amide bonds. The van der Waals surface area contributed by atoms with Crippen molar-refractivity contribution in [2.24, 2.45) is 11.7 Å². The van der Waals surface area contributed by atoms with Gasteiger partial charge in [-0.05, 0) is 19.8 Å². The highest BCUT2D eigenvalue weighted by atomic mass is 16.5. The summed E-state index contributed by atoms with van der Waals surface area (Å²) in [6.07, 6.45) is 5.51. The van der Waals surface area contributed by atoms with Crippen molar-refractivity contribution in [2.45, 2.75) is 25.8 Å². The van der Waals surface area contributed by atoms with E-state index in [2.05, 4.69) is 0 Å². The first-order valence-electron chi connectivity index (χ1n) is 4.33. The SMILES string of the molecule is CCOC(=O)[C@@H]1CC=CC[C@H]1N. The Balaban J connectivity index is 2.49. The van der Waals surface area contributed by atoms with Crippen molar-refractivity contribution in [3.63, 3.8) is 0 Å². The number of carbonyl (C=O) groups is 1. The molecule has 0 aromatic carbocycles. The summed E-state index contributed by atoms with van der Waals surface area (Å²) in [6.45, 7) is 2.24. The molecule has 0 fully saturated rings. The molecule has 0 bridgehead atoms. The number of esters is 1. The van der Waals surface area contributed by atoms with E-state index in [9.17, 15) is 4.79 Å². The summed E-state index contributed by atoms with van der Waals surface area (Å²) in [6, 6.07) is -0.0611. The van der Waals surface area contributed by atoms with Gasteiger partial charge in [0.25, 0.3) is 0 Å². The number of carbonyl (C=O) groups excluding carboxylic acids is 1. The molecule has 0 spiro atoms. The molecule has 1 rings (SSSR count). The van der Waals surface area contributed by atoms with E-state index in [1.165, 1.54) is 0 Å². The van der Waals surface area contributed by atoms with Crippen LogP contribution in [0.15, 0.2) is 12.2 Å². The lowest BCUT2D eigenvalue weighted by Gasteiger charge is -2.22. The van der Waals surface area contributed by atoms with Crippen LogP contribution < -0.4 is 5.73 Å². The predicted molar refractivity (Wildman–Crippen MR) is 46.5 cm³/mol. The van der Waals surface area contributed by atoms with Crippen LogP contribution in [0.4, 0.5) is 0 Å². The number of hydrogen-bond donors (Lipinski definition) is 1. The Hall–Kier alpha value is -0.830. The van der Waals surface area contributed by atoms with E-state index in [0.29, 0.717) is 6.61 Å². The van der Waals surface area contributed by atoms with E-state index in [-0.39, 0.29) is 17.9 Å². The second-order valence-electron chi connectivity index (χ2n) is 2.97. The molecule has 68 valence electrons. The zero-order chi connectivity index (χ0) is 8.97. The molecule has 0 unspecified atom stereocenters. The van der Waals surface area contributed by atoms with Gasteiger partial charge in [0.15, 0.2) is 0 Å². The number of rotatable bonds is 2. The van der Waals surface area contributed by atoms with Gasteiger partial charge < -0.3 is 10.5 Å². The van der Waals surface area contributed by atoms with Crippen molar-refractivity contribution in [1.82, 2.24) is 0 Å². The summed E-state index contributed by atoms with van der Waals surface area (Å²) in [5, 5.41) is 0. The molecule has 0 saturated carbocycles. The highest BCUT2D eigenvalue weighted by molar-refractivity contribution is 5.73. The van der Waals surface area contributed by atoms with Crippen molar-refractivity contribution in [3.8, 4) is 0 Å². The maximum absolute atomic E-state index is 11.3. The number of hydrogen-bond acceptors (Lipinski definition) is 3. The molecular weight excluding hydrogens is 154 g/mol. The number of nitrogens with two attached hydrogens (primary N) is 1. The molecule has 0 aliphatic heterocycles. The second-order valence-corrected chi connectivity index (χ2v) is 2.97. The molecule has 2 atom stereocenters. The third-order valence-electron chi connectivity index (χ3n) is 2.07. The van der Waals surface area contributed by atoms with Gasteiger partial charge in [-0.2, -0.15) is 0 Å². The maximum Gasteiger partial charge on any atom is 0.310 e. The van der Waals surface area contributed by atoms with Gasteiger partial charge in [0.2, 0.25) is 0 Å². The van der Waals surface area contributed by atoms with Gasteiger partial charge in [0, 0.05) is 6.04 Å². The quantitative estimate of drug-likeness (QED) is 0.492. The Labute approximate surface area is 72.6 Å². The topological polar surface area (TPSA) is 52.3 Å². The summed E-state index contributed by atoms with van der Waals surface area (Å²) in [5.74, 6) is -0.288. The minimum atomic E-state index is -0.158. The van der Waals surface area contributed by atoms with Gasteiger partial charge in [0.1, 0.15) is 0 Å². The zero-order valence-electron chi connectivity index (χ0n) is 7.32. The van der Waals surface area contributed by atoms with Crippen molar-refractivity contribution in [1.29, 1.82) is 0 Å². The third kappa shape index (κ3) is 2.08. The smallest absolute Gasteiger partial charge is 0.310 e. The normalized spacial score (nSPS) is 28.5. The molecular formula is C9H15NO2. The maximum atomic E-state index is 11.3. The van der Waals surface area contributed by atoms with Crippen molar-refractivity contribution in [3.05, 3.63) is 12.2 Å². The minimum absolute atomic E-state index is 0.0611. The minimum Gasteiger partial charge on any atom is -0.466 e. The van der Waals surface area contributed by atoms with Gasteiger partial charge in [-0.25, -0.2) is 0 Å². The fourth-order valence-electron chi connectivity index (χ4n) is 1.36. The van der Waals surface area contributed by atoms with Gasteiger partial charge in [-0.1, -0.05) is 12.2 Å². The number of ether oxygens (including phenoxy) is 1. The molecule has 1 aliphatic rings. The summed E-state index contributed by atoms with van der Waals surface area (Å²) < 4.78 is 4.90. The highest BCUT2D eigenvalue weighted by Crippen LogP contribution is 2.18. The summed E-state index contributed by atoms with van der Waals surface area (Å²) >= 11 is 0. The molecule has 12 heavy (non-hydrogen) atoms. The second kappa shape index (κ2) is 4.26. The van der Waals surface area contributed by atoms with Crippen LogP contribution in [0, 0.1) is 5.92 Å². The molecule has 3 heteroatoms. The standard InChI is InChI=1S/C9H15NO2/c1-2-12-9(11)7-5-3-4-6-8(7)10/h3-4,7-8H,2,5-6,10H2,1H3/t7-,8-/m1/s1. The monoisotopic (exact) mass is 169 g/mol. The lowest BCUT2D eigenvalue weighted by Crippen LogP contribution is -2.37. The molecule has 0 saturated heterocycles. The molecule has 1 aliphatic carbocycles. The Bertz CT molecular complexity index is 189. The van der Waals surface area contributed by atoms with E-state index >= 15 is 0 Å². The fourth-order valence-corrected chi connectivity index (χ4v) is 1.36. The van der Waals surface area contributed by atoms with Gasteiger partial charge in [-0.3, -0.25) is 4.79 Å². The summed E-state index contributed by atoms with van der Waals surface area (Å²) in [5.41, 5.74) is 5.76. The largest absolute Gasteiger partial charge is 0.466 e.